The Morgan fingerprint density at radius 1 is 1.25 bits per heavy atom. The van der Waals surface area contributed by atoms with Crippen LogP contribution in [0, 0.1) is 24.0 Å². The standard InChI is InChI=1S/C21H26N4O3/c1-15-20(25(27)28)16(2)24(23-15)14-18-8-10-19(11-9-18)21(26)22-13-12-17-6-4-3-5-7-17/h6,8-11H,3-5,7,12-14H2,1-2H3,(H,22,26). The fourth-order valence-corrected chi connectivity index (χ4v) is 3.61. The number of carbonyl (C=O) groups excluding carboxylic acids is 1. The van der Waals surface area contributed by atoms with Crippen molar-refractivity contribution < 1.29 is 9.72 Å². The van der Waals surface area contributed by atoms with E-state index in [-0.39, 0.29) is 11.6 Å². The van der Waals surface area contributed by atoms with Gasteiger partial charge in [-0.15, -0.1) is 0 Å². The van der Waals surface area contributed by atoms with Gasteiger partial charge in [0.05, 0.1) is 11.5 Å². The monoisotopic (exact) mass is 382 g/mol. The summed E-state index contributed by atoms with van der Waals surface area (Å²) in [6, 6.07) is 7.29. The topological polar surface area (TPSA) is 90.1 Å². The molecule has 1 aromatic carbocycles. The van der Waals surface area contributed by atoms with Gasteiger partial charge in [0.2, 0.25) is 0 Å². The lowest BCUT2D eigenvalue weighted by atomic mass is 9.97. The minimum atomic E-state index is -0.398. The molecule has 0 saturated carbocycles. The predicted molar refractivity (Wildman–Crippen MR) is 107 cm³/mol. The second kappa shape index (κ2) is 8.82. The lowest BCUT2D eigenvalue weighted by Crippen LogP contribution is -2.24. The maximum Gasteiger partial charge on any atom is 0.312 e. The molecular weight excluding hydrogens is 356 g/mol. The van der Waals surface area contributed by atoms with Gasteiger partial charge in [-0.2, -0.15) is 5.10 Å². The fraction of sp³-hybridized carbons (Fsp3) is 0.429. The minimum Gasteiger partial charge on any atom is -0.352 e. The highest BCUT2D eigenvalue weighted by molar-refractivity contribution is 5.94. The Morgan fingerprint density at radius 3 is 2.61 bits per heavy atom. The van der Waals surface area contributed by atoms with Crippen LogP contribution in [0.2, 0.25) is 0 Å². The van der Waals surface area contributed by atoms with Crippen LogP contribution < -0.4 is 5.32 Å². The van der Waals surface area contributed by atoms with Gasteiger partial charge < -0.3 is 5.32 Å². The number of aryl methyl sites for hydroxylation is 1. The maximum absolute atomic E-state index is 12.3. The summed E-state index contributed by atoms with van der Waals surface area (Å²) in [5.41, 5.74) is 3.99. The van der Waals surface area contributed by atoms with Crippen LogP contribution in [0.4, 0.5) is 5.69 Å². The van der Waals surface area contributed by atoms with Crippen molar-refractivity contribution in [2.45, 2.75) is 52.5 Å². The molecule has 1 aliphatic rings. The number of amides is 1. The van der Waals surface area contributed by atoms with Crippen molar-refractivity contribution >= 4 is 11.6 Å². The molecule has 1 N–H and O–H groups in total. The molecule has 1 amide bonds. The van der Waals surface area contributed by atoms with Crippen LogP contribution in [0.5, 0.6) is 0 Å². The molecule has 28 heavy (non-hydrogen) atoms. The summed E-state index contributed by atoms with van der Waals surface area (Å²) in [7, 11) is 0. The quantitative estimate of drug-likeness (QED) is 0.444. The second-order valence-electron chi connectivity index (χ2n) is 7.25. The van der Waals surface area contributed by atoms with Gasteiger partial charge in [0.1, 0.15) is 11.4 Å². The molecule has 0 spiro atoms. The molecule has 1 aliphatic carbocycles. The Morgan fingerprint density at radius 2 is 2.00 bits per heavy atom. The molecule has 0 unspecified atom stereocenters. The molecular formula is C21H26N4O3. The number of allylic oxidation sites excluding steroid dienone is 1. The summed E-state index contributed by atoms with van der Waals surface area (Å²) in [5, 5.41) is 18.4. The molecule has 7 heteroatoms. The van der Waals surface area contributed by atoms with Crippen molar-refractivity contribution in [2.24, 2.45) is 0 Å². The van der Waals surface area contributed by atoms with Crippen LogP contribution in [0.1, 0.15) is 59.4 Å². The molecule has 1 aromatic heterocycles. The van der Waals surface area contributed by atoms with Crippen molar-refractivity contribution in [3.8, 4) is 0 Å². The average Bonchev–Trinajstić information content (AvgIpc) is 2.96. The largest absolute Gasteiger partial charge is 0.352 e. The second-order valence-corrected chi connectivity index (χ2v) is 7.25. The fourth-order valence-electron chi connectivity index (χ4n) is 3.61. The van der Waals surface area contributed by atoms with Crippen molar-refractivity contribution in [3.05, 3.63) is 68.5 Å². The van der Waals surface area contributed by atoms with Gasteiger partial charge in [-0.05, 0) is 63.6 Å². The van der Waals surface area contributed by atoms with Crippen molar-refractivity contribution in [1.82, 2.24) is 15.1 Å². The third-order valence-electron chi connectivity index (χ3n) is 5.19. The Balaban J connectivity index is 1.57. The number of carbonyl (C=O) groups is 1. The molecule has 7 nitrogen and oxygen atoms in total. The van der Waals surface area contributed by atoms with Gasteiger partial charge in [0, 0.05) is 12.1 Å². The van der Waals surface area contributed by atoms with Gasteiger partial charge in [-0.1, -0.05) is 23.8 Å². The van der Waals surface area contributed by atoms with Crippen LogP contribution in [0.15, 0.2) is 35.9 Å². The first kappa shape index (κ1) is 19.8. The van der Waals surface area contributed by atoms with Crippen molar-refractivity contribution in [3.63, 3.8) is 0 Å². The van der Waals surface area contributed by atoms with Crippen LogP contribution in [0.25, 0.3) is 0 Å². The molecule has 2 aromatic rings. The highest BCUT2D eigenvalue weighted by Gasteiger charge is 2.21. The Kier molecular flexibility index (Phi) is 6.23. The number of rotatable bonds is 7. The van der Waals surface area contributed by atoms with E-state index in [2.05, 4.69) is 16.5 Å². The number of nitrogens with zero attached hydrogens (tertiary/aromatic N) is 3. The molecule has 0 saturated heterocycles. The van der Waals surface area contributed by atoms with Crippen LogP contribution in [0.3, 0.4) is 0 Å². The zero-order valence-electron chi connectivity index (χ0n) is 16.4. The molecule has 1 heterocycles. The Labute approximate surface area is 164 Å². The van der Waals surface area contributed by atoms with E-state index in [0.717, 1.165) is 24.8 Å². The molecule has 0 atom stereocenters. The molecule has 0 aliphatic heterocycles. The Bertz CT molecular complexity index is 897. The van der Waals surface area contributed by atoms with Gasteiger partial charge in [-0.25, -0.2) is 0 Å². The van der Waals surface area contributed by atoms with Crippen LogP contribution in [-0.4, -0.2) is 27.2 Å². The molecule has 3 rings (SSSR count). The molecule has 148 valence electrons. The number of aromatic nitrogens is 2. The van der Waals surface area contributed by atoms with Crippen LogP contribution >= 0.6 is 0 Å². The van der Waals surface area contributed by atoms with E-state index in [0.29, 0.717) is 30.0 Å². The van der Waals surface area contributed by atoms with Crippen LogP contribution in [-0.2, 0) is 6.54 Å². The smallest absolute Gasteiger partial charge is 0.312 e. The summed E-state index contributed by atoms with van der Waals surface area (Å²) < 4.78 is 1.63. The molecule has 0 bridgehead atoms. The van der Waals surface area contributed by atoms with E-state index in [9.17, 15) is 14.9 Å². The van der Waals surface area contributed by atoms with Crippen molar-refractivity contribution in [2.75, 3.05) is 6.54 Å². The summed E-state index contributed by atoms with van der Waals surface area (Å²) >= 11 is 0. The summed E-state index contributed by atoms with van der Waals surface area (Å²) in [6.07, 6.45) is 8.04. The summed E-state index contributed by atoms with van der Waals surface area (Å²) in [6.45, 7) is 4.42. The SMILES string of the molecule is Cc1nn(Cc2ccc(C(=O)NCCC3=CCCCC3)cc2)c(C)c1[N+](=O)[O-]. The first-order chi connectivity index (χ1) is 13.5. The lowest BCUT2D eigenvalue weighted by Gasteiger charge is -2.13. The van der Waals surface area contributed by atoms with Gasteiger partial charge in [0.25, 0.3) is 5.91 Å². The van der Waals surface area contributed by atoms with Gasteiger partial charge >= 0.3 is 5.69 Å². The van der Waals surface area contributed by atoms with E-state index in [4.69, 9.17) is 0 Å². The first-order valence-electron chi connectivity index (χ1n) is 9.69. The van der Waals surface area contributed by atoms with E-state index < -0.39 is 4.92 Å². The van der Waals surface area contributed by atoms with E-state index >= 15 is 0 Å². The number of nitrogens with one attached hydrogen (secondary N) is 1. The predicted octanol–water partition coefficient (Wildman–Crippen LogP) is 4.08. The summed E-state index contributed by atoms with van der Waals surface area (Å²) in [4.78, 5) is 23.0. The minimum absolute atomic E-state index is 0.0593. The number of hydrogen-bond donors (Lipinski definition) is 1. The Hall–Kier alpha value is -2.96. The third-order valence-corrected chi connectivity index (χ3v) is 5.19. The van der Waals surface area contributed by atoms with Crippen molar-refractivity contribution in [1.29, 1.82) is 0 Å². The third kappa shape index (κ3) is 4.65. The number of hydrogen-bond acceptors (Lipinski definition) is 4. The van der Waals surface area contributed by atoms with E-state index in [1.54, 1.807) is 30.7 Å². The molecule has 0 radical (unpaired) electrons. The normalized spacial score (nSPS) is 13.9. The number of benzene rings is 1. The maximum atomic E-state index is 12.3. The van der Waals surface area contributed by atoms with Gasteiger partial charge in [-0.3, -0.25) is 19.6 Å². The molecule has 0 fully saturated rings. The van der Waals surface area contributed by atoms with Gasteiger partial charge in [0.15, 0.2) is 0 Å². The zero-order chi connectivity index (χ0) is 20.1. The highest BCUT2D eigenvalue weighted by atomic mass is 16.6. The van der Waals surface area contributed by atoms with E-state index in [1.165, 1.54) is 18.4 Å². The number of nitro groups is 1. The first-order valence-corrected chi connectivity index (χ1v) is 9.69. The van der Waals surface area contributed by atoms with E-state index in [1.807, 2.05) is 12.1 Å². The summed E-state index contributed by atoms with van der Waals surface area (Å²) in [5.74, 6) is -0.0790. The lowest BCUT2D eigenvalue weighted by molar-refractivity contribution is -0.386. The zero-order valence-corrected chi connectivity index (χ0v) is 16.4. The average molecular weight is 382 g/mol. The highest BCUT2D eigenvalue weighted by Crippen LogP contribution is 2.23.